The third-order valence-electron chi connectivity index (χ3n) is 27.6. The molecule has 6 fully saturated rings. The zero-order valence-electron chi connectivity index (χ0n) is 71.4. The Kier molecular flexibility index (Phi) is 35.0. The maximum atomic E-state index is 14.7. The average Bonchev–Trinajstić information content (AvgIpc) is 1.63. The van der Waals surface area contributed by atoms with Gasteiger partial charge in [-0.1, -0.05) is 207 Å². The number of carbonyl (C=O) groups is 1. The predicted molar refractivity (Wildman–Crippen MR) is 455 cm³/mol. The molecule has 0 aliphatic heterocycles. The Labute approximate surface area is 694 Å². The van der Waals surface area contributed by atoms with Crippen LogP contribution in [0.3, 0.4) is 0 Å². The van der Waals surface area contributed by atoms with Crippen LogP contribution in [0, 0.1) is 45.3 Å². The van der Waals surface area contributed by atoms with E-state index in [1.807, 2.05) is 93.6 Å². The van der Waals surface area contributed by atoms with Gasteiger partial charge in [0.05, 0.1) is 35.6 Å². The van der Waals surface area contributed by atoms with E-state index in [0.29, 0.717) is 75.9 Å². The van der Waals surface area contributed by atoms with Crippen LogP contribution in [0.15, 0.2) is 144 Å². The zero-order valence-corrected chi connectivity index (χ0v) is 74.3. The van der Waals surface area contributed by atoms with Crippen molar-refractivity contribution in [3.05, 3.63) is 144 Å². The maximum absolute atomic E-state index is 14.7. The number of halogens is 12. The first-order chi connectivity index (χ1) is 52.2. The van der Waals surface area contributed by atoms with Gasteiger partial charge in [0, 0.05) is 42.0 Å². The first-order valence-electron chi connectivity index (χ1n) is 41.1. The molecule has 0 spiro atoms. The summed E-state index contributed by atoms with van der Waals surface area (Å²) in [7, 11) is -6.90. The van der Waals surface area contributed by atoms with Gasteiger partial charge in [-0.15, -0.1) is 0 Å². The van der Waals surface area contributed by atoms with Gasteiger partial charge in [-0.3, -0.25) is 4.79 Å². The van der Waals surface area contributed by atoms with Crippen LogP contribution < -0.4 is 10.6 Å². The van der Waals surface area contributed by atoms with Crippen molar-refractivity contribution in [2.45, 2.75) is 361 Å². The first-order valence-corrected chi connectivity index (χ1v) is 48.8. The van der Waals surface area contributed by atoms with Crippen molar-refractivity contribution in [1.82, 2.24) is 0 Å². The summed E-state index contributed by atoms with van der Waals surface area (Å²) < 4.78 is 187. The second-order valence-corrected chi connectivity index (χ2v) is 52.0. The molecule has 2 aromatic rings. The summed E-state index contributed by atoms with van der Waals surface area (Å²) in [5, 5.41) is 61.9. The number of hydrogen-bond acceptors (Lipinski definition) is 10. The Morgan fingerprint density at radius 1 is 0.530 bits per heavy atom. The fourth-order valence-electron chi connectivity index (χ4n) is 18.8. The lowest BCUT2D eigenvalue weighted by Crippen LogP contribution is -2.55. The van der Waals surface area contributed by atoms with Crippen LogP contribution in [0.25, 0.3) is 0 Å². The van der Waals surface area contributed by atoms with Gasteiger partial charge < -0.3 is 44.1 Å². The molecule has 4 unspecified atom stereocenters. The highest BCUT2D eigenvalue weighted by Crippen LogP contribution is 2.65. The minimum Gasteiger partial charge on any atom is -0.413 e. The molecule has 0 amide bonds. The molecule has 0 heterocycles. The molecule has 0 saturated heterocycles. The van der Waals surface area contributed by atoms with Crippen molar-refractivity contribution in [3.63, 3.8) is 0 Å². The number of alkyl halides is 12. The fourth-order valence-corrected chi connectivity index (χ4v) is 24.0. The molecule has 8 rings (SSSR count). The van der Waals surface area contributed by atoms with Crippen LogP contribution in [-0.4, -0.2) is 131 Å². The molecule has 6 saturated carbocycles. The number of carbonyl (C=O) groups excluding carboxylic acids is 1. The van der Waals surface area contributed by atoms with Crippen LogP contribution in [0.4, 0.5) is 52.7 Å². The summed E-state index contributed by atoms with van der Waals surface area (Å²) in [5.41, 5.74) is -9.01. The van der Waals surface area contributed by atoms with E-state index >= 15 is 0 Å². The summed E-state index contributed by atoms with van der Waals surface area (Å²) in [6.45, 7) is 46.1. The Bertz CT molecular complexity index is 3740. The lowest BCUT2D eigenvalue weighted by atomic mass is 9.55. The van der Waals surface area contributed by atoms with Crippen LogP contribution in [0.5, 0.6) is 0 Å². The van der Waals surface area contributed by atoms with Crippen molar-refractivity contribution >= 4 is 40.2 Å². The molecule has 25 heteroatoms. The number of aliphatic hydroxyl groups is 6. The Hall–Kier alpha value is -4.21. The van der Waals surface area contributed by atoms with E-state index in [0.717, 1.165) is 97.3 Å². The summed E-state index contributed by atoms with van der Waals surface area (Å²) in [4.78, 5) is 12.5. The number of hydrogen-bond donors (Lipinski definition) is 6. The van der Waals surface area contributed by atoms with Gasteiger partial charge in [-0.25, -0.2) is 0 Å². The zero-order chi connectivity index (χ0) is 87.4. The molecule has 10 nitrogen and oxygen atoms in total. The Morgan fingerprint density at radius 2 is 0.932 bits per heavy atom. The lowest BCUT2D eigenvalue weighted by molar-refractivity contribution is -0.348. The SMILES string of the molecule is C.C.C=C1/C(=C\C=C2/CCC[C@@]3(C)C2CC[C@@H]3C(C)(C/C=C/C(O)(C(F)(F)F)C(F)(F)F)CCCC(C)(C)O)C[C@@H](O)C[C@@H]1O.C=C1/C(=C\CP(=O)(c2ccccc2)c2ccccc2)C[C@@H](O[Si](C)(C)C(C)(C)C)C[C@@H]1O[Si](C)(C)C(C)(C)C.CC(C)(O)CCCC(C)(C/C=C/C(O)(C(F)(F)F)C(F)(F)F)[C@H]1CCC2C(=O)CCC[C@@]21C. The standard InChI is InChI=1S/C33H48F6O4.C33H51O3PSi2.C24H36F6O3.2CH4/c1-21-23(19-24(40)20-26(21)41)11-10-22-9-6-17-30(5)25(22)12-13-27(30)29(4,15-7-14-28(2,3)42)16-8-18-31(43,32(34,35)36)33(37,38)39;1-26-27(22-23-37(34,29-18-14-12-15-19-29)30-20-16-13-17-21-30)24-28(35-38(8,9)32(2,3)4)25-31(26)36-39(10,11)33(5,6)7;1-19(2,32)11-6-12-20(3,13-7-15-22(33,23(25,26)27)24(28,29)30)18-10-9-16-17(31)8-5-14-21(16,18)4;;/h8,10-11,18,24-27,40-43H,1,6-7,9,12-17,19-20H2,2-5H3;12-22,28,31H,1,23-25H2,2-11H3;7,15-16,18,32-33H,5-6,8-14H2,1-4H3;2*1H4/b18-8+,22-10+,23-11-;27-22-;15-7+;;/t24-,25?,26+,27-,29?,30+;28-,31+;16?,18-,20?,21+;;/m111../s1. The summed E-state index contributed by atoms with van der Waals surface area (Å²) in [5.74, 6) is 0.108. The molecular weight excluding hydrogens is 1580 g/mol. The third-order valence-corrected chi connectivity index (χ3v) is 39.6. The number of benzene rings is 2. The minimum absolute atomic E-state index is 0. The number of fused-ring (bicyclic) bond motifs is 2. The van der Waals surface area contributed by atoms with Crippen molar-refractivity contribution in [2.24, 2.45) is 45.3 Å². The number of aliphatic hydroxyl groups excluding tert-OH is 2. The fraction of sp³-hybridized carbons (Fsp3) is 0.707. The van der Waals surface area contributed by atoms with Gasteiger partial charge in [-0.2, -0.15) is 52.7 Å². The van der Waals surface area contributed by atoms with Gasteiger partial charge in [0.1, 0.15) is 12.9 Å². The Morgan fingerprint density at radius 3 is 1.34 bits per heavy atom. The number of rotatable bonds is 25. The monoisotopic (exact) mass is 1720 g/mol. The van der Waals surface area contributed by atoms with Gasteiger partial charge in [0.15, 0.2) is 16.6 Å². The van der Waals surface area contributed by atoms with E-state index in [2.05, 4.69) is 93.9 Å². The summed E-state index contributed by atoms with van der Waals surface area (Å²) >= 11 is 0. The quantitative estimate of drug-likeness (QED) is 0.0243. The van der Waals surface area contributed by atoms with E-state index in [9.17, 15) is 92.7 Å². The van der Waals surface area contributed by atoms with Crippen molar-refractivity contribution in [1.29, 1.82) is 0 Å². The Balaban J connectivity index is 0.000000369. The molecule has 0 radical (unpaired) electrons. The highest BCUT2D eigenvalue weighted by molar-refractivity contribution is 7.78. The highest BCUT2D eigenvalue weighted by Gasteiger charge is 2.70. The number of ketones is 1. The molecular formula is C92H143F12O10PSi2. The summed E-state index contributed by atoms with van der Waals surface area (Å²) in [6, 6.07) is 19.8. The number of allylic oxidation sites excluding steroid dienone is 6. The van der Waals surface area contributed by atoms with E-state index in [1.54, 1.807) is 27.7 Å². The molecule has 12 atom stereocenters. The van der Waals surface area contributed by atoms with E-state index < -0.39 is 93.9 Å². The second-order valence-electron chi connectivity index (χ2n) is 39.6. The van der Waals surface area contributed by atoms with Crippen LogP contribution in [0.1, 0.15) is 253 Å². The van der Waals surface area contributed by atoms with E-state index in [4.69, 9.17) is 8.85 Å². The molecule has 0 bridgehead atoms. The summed E-state index contributed by atoms with van der Waals surface area (Å²) in [6.07, 6.45) is -4.74. The van der Waals surface area contributed by atoms with Crippen molar-refractivity contribution < 1.29 is 102 Å². The largest absolute Gasteiger partial charge is 0.429 e. The molecule has 0 aromatic heterocycles. The third kappa shape index (κ3) is 25.3. The van der Waals surface area contributed by atoms with Gasteiger partial charge in [-0.05, 0) is 247 Å². The lowest BCUT2D eigenvalue weighted by Gasteiger charge is -2.49. The van der Waals surface area contributed by atoms with Crippen LogP contribution in [-0.2, 0) is 18.2 Å². The number of Topliss-reactive ketones (excluding diaryl/α,β-unsaturated/α-hetero) is 1. The average molecular weight is 1720 g/mol. The first kappa shape index (κ1) is 105. The van der Waals surface area contributed by atoms with Crippen molar-refractivity contribution in [2.75, 3.05) is 6.16 Å². The molecule has 6 N–H and O–H groups in total. The van der Waals surface area contributed by atoms with E-state index in [-0.39, 0.29) is 109 Å². The van der Waals surface area contributed by atoms with Crippen LogP contribution in [0.2, 0.25) is 36.3 Å². The minimum atomic E-state index is -5.92. The molecule has 117 heavy (non-hydrogen) atoms. The van der Waals surface area contributed by atoms with Crippen LogP contribution >= 0.6 is 7.14 Å². The smallest absolute Gasteiger partial charge is 0.413 e. The topological polar surface area (TPSA) is 174 Å². The molecule has 6 aliphatic carbocycles. The van der Waals surface area contributed by atoms with Gasteiger partial charge in [0.25, 0.3) is 11.2 Å². The van der Waals surface area contributed by atoms with Crippen molar-refractivity contribution in [3.8, 4) is 0 Å². The second kappa shape index (κ2) is 38.9. The highest BCUT2D eigenvalue weighted by atomic mass is 31.2. The molecule has 668 valence electrons. The van der Waals surface area contributed by atoms with Gasteiger partial charge in [0.2, 0.25) is 0 Å². The molecule has 6 aliphatic rings. The molecule has 2 aromatic carbocycles. The van der Waals surface area contributed by atoms with E-state index in [1.165, 1.54) is 5.57 Å². The van der Waals surface area contributed by atoms with Gasteiger partial charge >= 0.3 is 24.7 Å². The maximum Gasteiger partial charge on any atom is 0.429 e. The normalized spacial score (nSPS) is 27.4. The predicted octanol–water partition coefficient (Wildman–Crippen LogP) is 24.7.